The second-order valence-electron chi connectivity index (χ2n) is 2.46. The first kappa shape index (κ1) is 8.15. The summed E-state index contributed by atoms with van der Waals surface area (Å²) in [6.07, 6.45) is 0. The molecule has 0 unspecified atom stereocenters. The van der Waals surface area contributed by atoms with Crippen molar-refractivity contribution in [2.75, 3.05) is 5.43 Å². The molecule has 0 fully saturated rings. The molecule has 0 aliphatic heterocycles. The van der Waals surface area contributed by atoms with Crippen LogP contribution in [0.3, 0.4) is 0 Å². The Labute approximate surface area is 78.0 Å². The van der Waals surface area contributed by atoms with Crippen molar-refractivity contribution in [3.05, 3.63) is 34.6 Å². The van der Waals surface area contributed by atoms with Crippen molar-refractivity contribution in [2.24, 2.45) is 5.84 Å². The first-order valence-electron chi connectivity index (χ1n) is 3.68. The van der Waals surface area contributed by atoms with E-state index in [0.717, 1.165) is 4.70 Å². The Morgan fingerprint density at radius 2 is 2.15 bits per heavy atom. The van der Waals surface area contributed by atoms with Gasteiger partial charge in [0.2, 0.25) is 5.13 Å². The van der Waals surface area contributed by atoms with E-state index in [2.05, 4.69) is 10.4 Å². The highest BCUT2D eigenvalue weighted by Crippen LogP contribution is 2.18. The normalized spacial score (nSPS) is 10.2. The van der Waals surface area contributed by atoms with E-state index in [-0.39, 0.29) is 5.56 Å². The highest BCUT2D eigenvalue weighted by atomic mass is 32.1. The fraction of sp³-hybridized carbons (Fsp3) is 0. The molecule has 66 valence electrons. The zero-order valence-electron chi connectivity index (χ0n) is 6.65. The smallest absolute Gasteiger partial charge is 0.281 e. The van der Waals surface area contributed by atoms with Gasteiger partial charge < -0.3 is 0 Å². The molecule has 5 heteroatoms. The van der Waals surface area contributed by atoms with Gasteiger partial charge in [0.1, 0.15) is 0 Å². The highest BCUT2D eigenvalue weighted by molar-refractivity contribution is 7.21. The monoisotopic (exact) mass is 193 g/mol. The number of hydrazine groups is 1. The van der Waals surface area contributed by atoms with Crippen molar-refractivity contribution < 1.29 is 0 Å². The van der Waals surface area contributed by atoms with Gasteiger partial charge in [-0.05, 0) is 12.1 Å². The van der Waals surface area contributed by atoms with E-state index in [0.29, 0.717) is 10.5 Å². The summed E-state index contributed by atoms with van der Waals surface area (Å²) >= 11 is 1.35. The molecule has 0 bridgehead atoms. The molecule has 0 radical (unpaired) electrons. The van der Waals surface area contributed by atoms with Crippen molar-refractivity contribution in [1.82, 2.24) is 4.98 Å². The van der Waals surface area contributed by atoms with Gasteiger partial charge in [-0.1, -0.05) is 23.5 Å². The molecule has 1 aromatic carbocycles. The molecule has 3 N–H and O–H groups in total. The van der Waals surface area contributed by atoms with Gasteiger partial charge in [-0.2, -0.15) is 4.98 Å². The number of nitrogens with two attached hydrogens (primary N) is 1. The van der Waals surface area contributed by atoms with Gasteiger partial charge in [0.05, 0.1) is 5.39 Å². The summed E-state index contributed by atoms with van der Waals surface area (Å²) in [5.74, 6) is 5.17. The Morgan fingerprint density at radius 1 is 1.38 bits per heavy atom. The van der Waals surface area contributed by atoms with Gasteiger partial charge in [-0.25, -0.2) is 5.84 Å². The van der Waals surface area contributed by atoms with Gasteiger partial charge in [0.25, 0.3) is 5.56 Å². The van der Waals surface area contributed by atoms with Gasteiger partial charge in [-0.3, -0.25) is 10.2 Å². The largest absolute Gasteiger partial charge is 0.300 e. The molecule has 4 nitrogen and oxygen atoms in total. The molecule has 0 saturated carbocycles. The average Bonchev–Trinajstić information content (AvgIpc) is 2.18. The second-order valence-corrected chi connectivity index (χ2v) is 3.50. The van der Waals surface area contributed by atoms with E-state index in [4.69, 9.17) is 5.84 Å². The molecule has 1 aromatic heterocycles. The zero-order valence-corrected chi connectivity index (χ0v) is 7.47. The first-order valence-corrected chi connectivity index (χ1v) is 4.49. The van der Waals surface area contributed by atoms with Crippen LogP contribution in [0, 0.1) is 0 Å². The molecule has 0 saturated heterocycles. The van der Waals surface area contributed by atoms with Crippen LogP contribution in [0.4, 0.5) is 5.13 Å². The molecular weight excluding hydrogens is 186 g/mol. The van der Waals surface area contributed by atoms with Crippen molar-refractivity contribution >= 4 is 26.6 Å². The summed E-state index contributed by atoms with van der Waals surface area (Å²) < 4.78 is 0.885. The maximum Gasteiger partial charge on any atom is 0.281 e. The van der Waals surface area contributed by atoms with Crippen LogP contribution >= 0.6 is 11.3 Å². The Kier molecular flexibility index (Phi) is 1.96. The van der Waals surface area contributed by atoms with E-state index in [9.17, 15) is 4.79 Å². The molecule has 0 aliphatic carbocycles. The Balaban J connectivity index is 2.85. The lowest BCUT2D eigenvalue weighted by Gasteiger charge is -1.98. The van der Waals surface area contributed by atoms with Crippen LogP contribution in [0.2, 0.25) is 0 Å². The third-order valence-corrected chi connectivity index (χ3v) is 2.63. The third-order valence-electron chi connectivity index (χ3n) is 1.65. The molecular formula is C8H7N3OS. The van der Waals surface area contributed by atoms with Gasteiger partial charge >= 0.3 is 0 Å². The van der Waals surface area contributed by atoms with Crippen LogP contribution in [0.25, 0.3) is 10.1 Å². The first-order chi connectivity index (χ1) is 6.31. The summed E-state index contributed by atoms with van der Waals surface area (Å²) in [6, 6.07) is 7.30. The lowest BCUT2D eigenvalue weighted by atomic mass is 10.3. The molecule has 0 aliphatic rings. The van der Waals surface area contributed by atoms with E-state index in [1.54, 1.807) is 6.07 Å². The summed E-state index contributed by atoms with van der Waals surface area (Å²) in [6.45, 7) is 0. The number of hydrogen-bond donors (Lipinski definition) is 2. The summed E-state index contributed by atoms with van der Waals surface area (Å²) in [7, 11) is 0. The molecule has 0 atom stereocenters. The number of fused-ring (bicyclic) bond motifs is 1. The van der Waals surface area contributed by atoms with Crippen molar-refractivity contribution in [1.29, 1.82) is 0 Å². The number of aromatic nitrogens is 1. The number of hydrogen-bond acceptors (Lipinski definition) is 5. The topological polar surface area (TPSA) is 68.0 Å². The van der Waals surface area contributed by atoms with Gasteiger partial charge in [-0.15, -0.1) is 0 Å². The summed E-state index contributed by atoms with van der Waals surface area (Å²) in [4.78, 5) is 15.1. The maximum absolute atomic E-state index is 11.4. The van der Waals surface area contributed by atoms with Crippen LogP contribution in [0.1, 0.15) is 0 Å². The molecule has 2 rings (SSSR count). The minimum Gasteiger partial charge on any atom is -0.300 e. The second kappa shape index (κ2) is 3.12. The van der Waals surface area contributed by atoms with E-state index < -0.39 is 0 Å². The quantitative estimate of drug-likeness (QED) is 0.522. The lowest BCUT2D eigenvalue weighted by molar-refractivity contribution is 1.24. The number of nitrogen functional groups attached to an aromatic ring is 1. The molecule has 1 heterocycles. The van der Waals surface area contributed by atoms with Crippen molar-refractivity contribution in [3.63, 3.8) is 0 Å². The molecule has 0 spiro atoms. The summed E-state index contributed by atoms with van der Waals surface area (Å²) in [5.41, 5.74) is 2.12. The Hall–Kier alpha value is -1.46. The molecule has 2 aromatic rings. The van der Waals surface area contributed by atoms with Crippen LogP contribution in [-0.2, 0) is 0 Å². The number of nitrogens with zero attached hydrogens (tertiary/aromatic N) is 1. The van der Waals surface area contributed by atoms with E-state index in [1.807, 2.05) is 18.2 Å². The standard InChI is InChI=1S/C8H7N3OS/c9-11-8-10-7(12)5-3-1-2-4-6(5)13-8/h1-4H,9H2,(H,10,11,12). The lowest BCUT2D eigenvalue weighted by Crippen LogP contribution is -2.13. The predicted octanol–water partition coefficient (Wildman–Crippen LogP) is 0.942. The van der Waals surface area contributed by atoms with Gasteiger partial charge in [0, 0.05) is 4.70 Å². The fourth-order valence-electron chi connectivity index (χ4n) is 1.07. The zero-order chi connectivity index (χ0) is 9.26. The van der Waals surface area contributed by atoms with E-state index >= 15 is 0 Å². The predicted molar refractivity (Wildman–Crippen MR) is 53.7 cm³/mol. The average molecular weight is 193 g/mol. The molecule has 13 heavy (non-hydrogen) atoms. The number of nitrogens with one attached hydrogen (secondary N) is 1. The number of benzene rings is 1. The SMILES string of the molecule is NNc1nc(=O)c2ccccc2s1. The van der Waals surface area contributed by atoms with Crippen LogP contribution in [-0.4, -0.2) is 4.98 Å². The van der Waals surface area contributed by atoms with Crippen molar-refractivity contribution in [3.8, 4) is 0 Å². The highest BCUT2D eigenvalue weighted by Gasteiger charge is 2.01. The Morgan fingerprint density at radius 3 is 2.92 bits per heavy atom. The van der Waals surface area contributed by atoms with E-state index in [1.165, 1.54) is 11.3 Å². The molecule has 0 amide bonds. The Bertz CT molecular complexity index is 494. The summed E-state index contributed by atoms with van der Waals surface area (Å²) in [5, 5.41) is 1.07. The third kappa shape index (κ3) is 1.39. The number of rotatable bonds is 1. The van der Waals surface area contributed by atoms with Crippen LogP contribution in [0.15, 0.2) is 29.1 Å². The fourth-order valence-corrected chi connectivity index (χ4v) is 1.88. The maximum atomic E-state index is 11.4. The minimum atomic E-state index is -0.248. The van der Waals surface area contributed by atoms with Crippen LogP contribution in [0.5, 0.6) is 0 Å². The number of anilines is 1. The van der Waals surface area contributed by atoms with Crippen LogP contribution < -0.4 is 16.8 Å². The minimum absolute atomic E-state index is 0.248. The van der Waals surface area contributed by atoms with Gasteiger partial charge in [0.15, 0.2) is 0 Å². The van der Waals surface area contributed by atoms with Crippen molar-refractivity contribution in [2.45, 2.75) is 0 Å².